The Morgan fingerprint density at radius 1 is 1.19 bits per heavy atom. The van der Waals surface area contributed by atoms with Gasteiger partial charge in [0.15, 0.2) is 11.5 Å². The van der Waals surface area contributed by atoms with E-state index in [1.165, 1.54) is 6.21 Å². The molecule has 0 fully saturated rings. The Hall–Kier alpha value is -2.54. The van der Waals surface area contributed by atoms with Crippen LogP contribution in [-0.2, 0) is 0 Å². The molecule has 1 N–H and O–H groups in total. The lowest BCUT2D eigenvalue weighted by Crippen LogP contribution is -2.17. The van der Waals surface area contributed by atoms with Crippen LogP contribution in [0.15, 0.2) is 46.0 Å². The molecule has 1 amide bonds. The first-order valence-corrected chi connectivity index (χ1v) is 8.86. The first kappa shape index (κ1) is 19.8. The maximum Gasteiger partial charge on any atom is 0.271 e. The molecule has 26 heavy (non-hydrogen) atoms. The van der Waals surface area contributed by atoms with Gasteiger partial charge < -0.3 is 14.2 Å². The zero-order valence-corrected chi connectivity index (χ0v) is 16.5. The van der Waals surface area contributed by atoms with E-state index in [1.54, 1.807) is 44.6 Å². The van der Waals surface area contributed by atoms with Crippen LogP contribution in [0.25, 0.3) is 0 Å². The molecule has 0 aliphatic carbocycles. The number of hydrogen-bond donors (Lipinski definition) is 1. The fraction of sp³-hybridized carbons (Fsp3) is 0.263. The molecule has 0 atom stereocenters. The van der Waals surface area contributed by atoms with Gasteiger partial charge in [0.25, 0.3) is 5.91 Å². The Morgan fingerprint density at radius 2 is 1.92 bits per heavy atom. The molecule has 2 aromatic rings. The highest BCUT2D eigenvalue weighted by Gasteiger charge is 2.10. The van der Waals surface area contributed by atoms with E-state index in [-0.39, 0.29) is 5.91 Å². The number of ether oxygens (including phenoxy) is 3. The topological polar surface area (TPSA) is 69.2 Å². The fourth-order valence-corrected chi connectivity index (χ4v) is 2.79. The summed E-state index contributed by atoms with van der Waals surface area (Å²) in [5.41, 5.74) is 3.75. The smallest absolute Gasteiger partial charge is 0.271 e. The molecular formula is C19H21BrN2O4. The Kier molecular flexibility index (Phi) is 7.47. The van der Waals surface area contributed by atoms with Gasteiger partial charge in [-0.15, -0.1) is 0 Å². The fourth-order valence-electron chi connectivity index (χ4n) is 2.16. The number of halogens is 1. The normalized spacial score (nSPS) is 10.6. The van der Waals surface area contributed by atoms with E-state index in [4.69, 9.17) is 14.2 Å². The molecule has 0 heterocycles. The Labute approximate surface area is 161 Å². The van der Waals surface area contributed by atoms with Crippen LogP contribution in [0.3, 0.4) is 0 Å². The van der Waals surface area contributed by atoms with E-state index in [1.807, 2.05) is 13.0 Å². The first-order valence-electron chi connectivity index (χ1n) is 8.06. The van der Waals surface area contributed by atoms with E-state index in [0.717, 1.165) is 22.2 Å². The van der Waals surface area contributed by atoms with Gasteiger partial charge in [-0.1, -0.05) is 6.92 Å². The number of rotatable bonds is 8. The molecule has 0 aromatic heterocycles. The maximum atomic E-state index is 12.1. The Bertz CT molecular complexity index is 776. The van der Waals surface area contributed by atoms with E-state index < -0.39 is 0 Å². The Morgan fingerprint density at radius 3 is 2.54 bits per heavy atom. The second-order valence-corrected chi connectivity index (χ2v) is 6.16. The van der Waals surface area contributed by atoms with Crippen LogP contribution < -0.4 is 19.6 Å². The van der Waals surface area contributed by atoms with Crippen LogP contribution in [0.5, 0.6) is 17.2 Å². The van der Waals surface area contributed by atoms with Crippen LogP contribution >= 0.6 is 15.9 Å². The van der Waals surface area contributed by atoms with E-state index >= 15 is 0 Å². The van der Waals surface area contributed by atoms with Crippen LogP contribution in [0.4, 0.5) is 0 Å². The van der Waals surface area contributed by atoms with E-state index in [0.29, 0.717) is 23.7 Å². The van der Waals surface area contributed by atoms with Crippen LogP contribution in [0.1, 0.15) is 29.3 Å². The van der Waals surface area contributed by atoms with Gasteiger partial charge in [-0.05, 0) is 64.3 Å². The summed E-state index contributed by atoms with van der Waals surface area (Å²) in [7, 11) is 3.12. The van der Waals surface area contributed by atoms with Gasteiger partial charge in [-0.2, -0.15) is 5.10 Å². The number of nitrogens with zero attached hydrogens (tertiary/aromatic N) is 1. The number of carbonyl (C=O) groups excluding carboxylic acids is 1. The second-order valence-electron chi connectivity index (χ2n) is 5.31. The van der Waals surface area contributed by atoms with Crippen molar-refractivity contribution in [1.29, 1.82) is 0 Å². The zero-order chi connectivity index (χ0) is 18.9. The SMILES string of the molecule is CCCOc1ccc(C(=O)N/N=C/c2cc(Br)c(OC)c(OC)c2)cc1. The number of hydrogen-bond acceptors (Lipinski definition) is 5. The van der Waals surface area contributed by atoms with Crippen molar-refractivity contribution >= 4 is 28.1 Å². The highest BCUT2D eigenvalue weighted by atomic mass is 79.9. The number of amides is 1. The molecule has 0 bridgehead atoms. The standard InChI is InChI=1S/C19H21BrN2O4/c1-4-9-26-15-7-5-14(6-8-15)19(23)22-21-12-13-10-16(20)18(25-3)17(11-13)24-2/h5-8,10-12H,4,9H2,1-3H3,(H,22,23)/b21-12+. The molecule has 2 rings (SSSR count). The van der Waals surface area contributed by atoms with Crippen molar-refractivity contribution in [2.24, 2.45) is 5.10 Å². The lowest BCUT2D eigenvalue weighted by molar-refractivity contribution is 0.0955. The predicted octanol–water partition coefficient (Wildman–Crippen LogP) is 4.02. The molecule has 0 saturated heterocycles. The minimum Gasteiger partial charge on any atom is -0.494 e. The second kappa shape index (κ2) is 9.82. The number of benzene rings is 2. The van der Waals surface area contributed by atoms with Crippen LogP contribution in [0.2, 0.25) is 0 Å². The van der Waals surface area contributed by atoms with E-state index in [9.17, 15) is 4.79 Å². The van der Waals surface area contributed by atoms with Crippen molar-refractivity contribution in [3.8, 4) is 17.2 Å². The number of carbonyl (C=O) groups is 1. The lowest BCUT2D eigenvalue weighted by Gasteiger charge is -2.10. The van der Waals surface area contributed by atoms with E-state index in [2.05, 4.69) is 26.5 Å². The molecule has 0 saturated carbocycles. The predicted molar refractivity (Wildman–Crippen MR) is 105 cm³/mol. The highest BCUT2D eigenvalue weighted by Crippen LogP contribution is 2.35. The molecular weight excluding hydrogens is 400 g/mol. The molecule has 138 valence electrons. The third-order valence-electron chi connectivity index (χ3n) is 3.42. The number of methoxy groups -OCH3 is 2. The summed E-state index contributed by atoms with van der Waals surface area (Å²) in [4.78, 5) is 12.1. The van der Waals surface area contributed by atoms with Crippen molar-refractivity contribution in [2.75, 3.05) is 20.8 Å². The van der Waals surface area contributed by atoms with Crippen molar-refractivity contribution in [1.82, 2.24) is 5.43 Å². The number of nitrogens with one attached hydrogen (secondary N) is 1. The van der Waals surface area contributed by atoms with Gasteiger partial charge in [0.2, 0.25) is 0 Å². The Balaban J connectivity index is 2.01. The molecule has 0 spiro atoms. The number of hydrazone groups is 1. The van der Waals surface area contributed by atoms with Crippen LogP contribution in [-0.4, -0.2) is 32.9 Å². The largest absolute Gasteiger partial charge is 0.494 e. The molecule has 0 unspecified atom stereocenters. The maximum absolute atomic E-state index is 12.1. The van der Waals surface area contributed by atoms with Crippen LogP contribution in [0, 0.1) is 0 Å². The summed E-state index contributed by atoms with van der Waals surface area (Å²) >= 11 is 3.42. The van der Waals surface area contributed by atoms with Gasteiger partial charge in [0.05, 0.1) is 31.5 Å². The molecule has 0 radical (unpaired) electrons. The monoisotopic (exact) mass is 420 g/mol. The van der Waals surface area contributed by atoms with Gasteiger partial charge in [-0.3, -0.25) is 4.79 Å². The summed E-state index contributed by atoms with van der Waals surface area (Å²) in [5.74, 6) is 1.60. The minimum absolute atomic E-state index is 0.303. The molecule has 6 nitrogen and oxygen atoms in total. The highest BCUT2D eigenvalue weighted by molar-refractivity contribution is 9.10. The first-order chi connectivity index (χ1) is 12.6. The summed E-state index contributed by atoms with van der Waals surface area (Å²) in [6.45, 7) is 2.69. The van der Waals surface area contributed by atoms with Gasteiger partial charge in [-0.25, -0.2) is 5.43 Å². The molecule has 0 aliphatic rings. The summed E-state index contributed by atoms with van der Waals surface area (Å²) in [5, 5.41) is 3.99. The average Bonchev–Trinajstić information content (AvgIpc) is 2.66. The third-order valence-corrected chi connectivity index (χ3v) is 4.01. The average molecular weight is 421 g/mol. The molecule has 0 aliphatic heterocycles. The van der Waals surface area contributed by atoms with Gasteiger partial charge in [0, 0.05) is 5.56 Å². The van der Waals surface area contributed by atoms with Crippen molar-refractivity contribution < 1.29 is 19.0 Å². The third kappa shape index (κ3) is 5.23. The molecule has 7 heteroatoms. The van der Waals surface area contributed by atoms with Gasteiger partial charge in [0.1, 0.15) is 5.75 Å². The molecule has 2 aromatic carbocycles. The summed E-state index contributed by atoms with van der Waals surface area (Å²) in [6.07, 6.45) is 2.46. The summed E-state index contributed by atoms with van der Waals surface area (Å²) in [6, 6.07) is 10.5. The van der Waals surface area contributed by atoms with Gasteiger partial charge >= 0.3 is 0 Å². The van der Waals surface area contributed by atoms with Crippen molar-refractivity contribution in [2.45, 2.75) is 13.3 Å². The zero-order valence-electron chi connectivity index (χ0n) is 14.9. The van der Waals surface area contributed by atoms with Crippen molar-refractivity contribution in [3.05, 3.63) is 52.0 Å². The van der Waals surface area contributed by atoms with Crippen molar-refractivity contribution in [3.63, 3.8) is 0 Å². The lowest BCUT2D eigenvalue weighted by atomic mass is 10.2. The summed E-state index contributed by atoms with van der Waals surface area (Å²) < 4.78 is 16.8. The minimum atomic E-state index is -0.303. The quantitative estimate of drug-likeness (QED) is 0.517.